The molecule has 1 aliphatic carbocycles. The number of hydrogen-bond donors (Lipinski definition) is 2. The number of urea groups is 1. The molecule has 1 saturated carbocycles. The van der Waals surface area contributed by atoms with Gasteiger partial charge in [-0.1, -0.05) is 19.3 Å². The largest absolute Gasteiger partial charge is 0.335 e. The molecule has 1 aromatic carbocycles. The van der Waals surface area contributed by atoms with E-state index in [4.69, 9.17) is 0 Å². The number of imide groups is 1. The average molecular weight is 342 g/mol. The highest BCUT2D eigenvalue weighted by atomic mass is 32.2. The topological polar surface area (TPSA) is 58.2 Å². The van der Waals surface area contributed by atoms with Crippen LogP contribution >= 0.6 is 11.8 Å². The minimum absolute atomic E-state index is 0.116. The Balaban J connectivity index is 1.81. The Kier molecular flexibility index (Phi) is 6.38. The van der Waals surface area contributed by atoms with Gasteiger partial charge in [0.05, 0.1) is 5.25 Å². The molecule has 0 unspecified atom stereocenters. The van der Waals surface area contributed by atoms with Gasteiger partial charge in [-0.25, -0.2) is 13.6 Å². The van der Waals surface area contributed by atoms with Crippen molar-refractivity contribution in [2.24, 2.45) is 0 Å². The van der Waals surface area contributed by atoms with Gasteiger partial charge in [-0.15, -0.1) is 11.8 Å². The summed E-state index contributed by atoms with van der Waals surface area (Å²) in [6, 6.07) is 3.06. The normalized spacial score (nSPS) is 16.7. The first kappa shape index (κ1) is 17.7. The number of thioether (sulfide) groups is 1. The first-order valence-electron chi connectivity index (χ1n) is 7.69. The van der Waals surface area contributed by atoms with Gasteiger partial charge in [0.15, 0.2) is 11.6 Å². The summed E-state index contributed by atoms with van der Waals surface area (Å²) in [5, 5.41) is 4.49. The van der Waals surface area contributed by atoms with Crippen molar-refractivity contribution in [3.05, 3.63) is 29.8 Å². The third-order valence-corrected chi connectivity index (χ3v) is 4.84. The lowest BCUT2D eigenvalue weighted by atomic mass is 9.96. The molecule has 7 heteroatoms. The van der Waals surface area contributed by atoms with E-state index in [1.807, 2.05) is 0 Å². The summed E-state index contributed by atoms with van der Waals surface area (Å²) in [5.41, 5.74) is 0. The van der Waals surface area contributed by atoms with Crippen LogP contribution in [0.15, 0.2) is 23.1 Å². The molecule has 126 valence electrons. The molecule has 0 bridgehead atoms. The van der Waals surface area contributed by atoms with E-state index in [1.165, 1.54) is 12.5 Å². The molecule has 3 amide bonds. The number of rotatable bonds is 4. The van der Waals surface area contributed by atoms with Crippen LogP contribution < -0.4 is 10.6 Å². The molecule has 2 rings (SSSR count). The van der Waals surface area contributed by atoms with E-state index in [9.17, 15) is 18.4 Å². The van der Waals surface area contributed by atoms with E-state index >= 15 is 0 Å². The van der Waals surface area contributed by atoms with Crippen LogP contribution in [-0.4, -0.2) is 23.2 Å². The lowest BCUT2D eigenvalue weighted by molar-refractivity contribution is -0.119. The Labute approximate surface area is 138 Å². The third-order valence-electron chi connectivity index (χ3n) is 3.75. The van der Waals surface area contributed by atoms with Crippen molar-refractivity contribution >= 4 is 23.7 Å². The highest BCUT2D eigenvalue weighted by Crippen LogP contribution is 2.25. The number of benzene rings is 1. The van der Waals surface area contributed by atoms with Gasteiger partial charge in [0, 0.05) is 10.9 Å². The molecular formula is C16H20F2N2O2S. The fraction of sp³-hybridized carbons (Fsp3) is 0.500. The molecule has 1 fully saturated rings. The van der Waals surface area contributed by atoms with Crippen LogP contribution in [0, 0.1) is 11.6 Å². The first-order valence-corrected chi connectivity index (χ1v) is 8.56. The zero-order valence-corrected chi connectivity index (χ0v) is 13.7. The van der Waals surface area contributed by atoms with Crippen LogP contribution in [0.25, 0.3) is 0 Å². The van der Waals surface area contributed by atoms with Crippen LogP contribution in [-0.2, 0) is 4.79 Å². The zero-order valence-electron chi connectivity index (χ0n) is 12.9. The second-order valence-electron chi connectivity index (χ2n) is 5.63. The van der Waals surface area contributed by atoms with E-state index in [1.54, 1.807) is 6.92 Å². The van der Waals surface area contributed by atoms with Crippen LogP contribution in [0.1, 0.15) is 39.0 Å². The van der Waals surface area contributed by atoms with Crippen molar-refractivity contribution in [1.29, 1.82) is 0 Å². The van der Waals surface area contributed by atoms with Crippen molar-refractivity contribution in [2.45, 2.75) is 55.2 Å². The van der Waals surface area contributed by atoms with Gasteiger partial charge in [0.1, 0.15) is 0 Å². The van der Waals surface area contributed by atoms with E-state index < -0.39 is 28.8 Å². The minimum atomic E-state index is -0.961. The Morgan fingerprint density at radius 1 is 1.17 bits per heavy atom. The van der Waals surface area contributed by atoms with Gasteiger partial charge in [-0.05, 0) is 38.0 Å². The molecule has 23 heavy (non-hydrogen) atoms. The molecular weight excluding hydrogens is 322 g/mol. The lowest BCUT2D eigenvalue weighted by Gasteiger charge is -2.23. The zero-order chi connectivity index (χ0) is 16.8. The molecule has 0 aromatic heterocycles. The number of halogens is 2. The van der Waals surface area contributed by atoms with Crippen molar-refractivity contribution in [3.63, 3.8) is 0 Å². The fourth-order valence-electron chi connectivity index (χ4n) is 2.49. The predicted molar refractivity (Wildman–Crippen MR) is 85.2 cm³/mol. The van der Waals surface area contributed by atoms with Crippen molar-refractivity contribution in [2.75, 3.05) is 0 Å². The molecule has 4 nitrogen and oxygen atoms in total. The number of amides is 3. The van der Waals surface area contributed by atoms with Gasteiger partial charge >= 0.3 is 6.03 Å². The molecule has 0 saturated heterocycles. The van der Waals surface area contributed by atoms with Crippen LogP contribution in [0.2, 0.25) is 0 Å². The number of carbonyl (C=O) groups is 2. The summed E-state index contributed by atoms with van der Waals surface area (Å²) < 4.78 is 26.0. The highest BCUT2D eigenvalue weighted by molar-refractivity contribution is 8.00. The maximum atomic E-state index is 13.1. The summed E-state index contributed by atoms with van der Waals surface area (Å²) in [5.74, 6) is -2.36. The number of nitrogens with one attached hydrogen (secondary N) is 2. The molecule has 2 N–H and O–H groups in total. The first-order chi connectivity index (χ1) is 11.0. The van der Waals surface area contributed by atoms with Crippen LogP contribution in [0.3, 0.4) is 0 Å². The van der Waals surface area contributed by atoms with Crippen LogP contribution in [0.4, 0.5) is 13.6 Å². The number of hydrogen-bond acceptors (Lipinski definition) is 3. The highest BCUT2D eigenvalue weighted by Gasteiger charge is 2.20. The Morgan fingerprint density at radius 2 is 1.87 bits per heavy atom. The SMILES string of the molecule is C[C@H](Sc1ccc(F)c(F)c1)C(=O)NC(=O)NC1CCCCC1. The number of carbonyl (C=O) groups excluding carboxylic acids is 2. The average Bonchev–Trinajstić information content (AvgIpc) is 2.51. The third kappa shape index (κ3) is 5.49. The molecule has 1 atom stereocenters. The molecule has 1 aromatic rings. The maximum absolute atomic E-state index is 13.1. The summed E-state index contributed by atoms with van der Waals surface area (Å²) in [6.07, 6.45) is 5.21. The summed E-state index contributed by atoms with van der Waals surface area (Å²) in [4.78, 5) is 24.2. The maximum Gasteiger partial charge on any atom is 0.321 e. The van der Waals surface area contributed by atoms with Gasteiger partial charge in [0.25, 0.3) is 0 Å². The second-order valence-corrected chi connectivity index (χ2v) is 7.05. The quantitative estimate of drug-likeness (QED) is 0.822. The molecule has 0 spiro atoms. The fourth-order valence-corrected chi connectivity index (χ4v) is 3.38. The molecule has 0 aliphatic heterocycles. The monoisotopic (exact) mass is 342 g/mol. The van der Waals surface area contributed by atoms with Crippen molar-refractivity contribution in [1.82, 2.24) is 10.6 Å². The summed E-state index contributed by atoms with van der Waals surface area (Å²) >= 11 is 1.06. The van der Waals surface area contributed by atoms with Crippen molar-refractivity contribution < 1.29 is 18.4 Å². The van der Waals surface area contributed by atoms with E-state index in [2.05, 4.69) is 10.6 Å². The van der Waals surface area contributed by atoms with Gasteiger partial charge in [-0.2, -0.15) is 0 Å². The van der Waals surface area contributed by atoms with Crippen LogP contribution in [0.5, 0.6) is 0 Å². The molecule has 0 heterocycles. The predicted octanol–water partition coefficient (Wildman–Crippen LogP) is 3.60. The molecule has 1 aliphatic rings. The summed E-state index contributed by atoms with van der Waals surface area (Å²) in [7, 11) is 0. The second kappa shape index (κ2) is 8.29. The van der Waals surface area contributed by atoms with E-state index in [-0.39, 0.29) is 6.04 Å². The molecule has 0 radical (unpaired) electrons. The van der Waals surface area contributed by atoms with Crippen molar-refractivity contribution in [3.8, 4) is 0 Å². The van der Waals surface area contributed by atoms with E-state index in [0.29, 0.717) is 4.90 Å². The Morgan fingerprint density at radius 3 is 2.52 bits per heavy atom. The Hall–Kier alpha value is -1.63. The lowest BCUT2D eigenvalue weighted by Crippen LogP contribution is -2.47. The Bertz CT molecular complexity index is 577. The smallest absolute Gasteiger partial charge is 0.321 e. The standard InChI is InChI=1S/C16H20F2N2O2S/c1-10(23-12-7-8-13(17)14(18)9-12)15(21)20-16(22)19-11-5-3-2-4-6-11/h7-11H,2-6H2,1H3,(H2,19,20,21,22)/t10-/m0/s1. The minimum Gasteiger partial charge on any atom is -0.335 e. The van der Waals surface area contributed by atoms with E-state index in [0.717, 1.165) is 49.6 Å². The van der Waals surface area contributed by atoms with Gasteiger partial charge < -0.3 is 5.32 Å². The van der Waals surface area contributed by atoms with Gasteiger partial charge in [0.2, 0.25) is 5.91 Å². The van der Waals surface area contributed by atoms with Gasteiger partial charge in [-0.3, -0.25) is 10.1 Å². The summed E-state index contributed by atoms with van der Waals surface area (Å²) in [6.45, 7) is 1.61.